The van der Waals surface area contributed by atoms with Crippen molar-refractivity contribution in [2.24, 2.45) is 0 Å². The van der Waals surface area contributed by atoms with E-state index in [1.165, 1.54) is 0 Å². The molecule has 1 aromatic heterocycles. The van der Waals surface area contributed by atoms with E-state index < -0.39 is 0 Å². The van der Waals surface area contributed by atoms with Crippen LogP contribution in [0, 0.1) is 0 Å². The number of hydrogen-bond donors (Lipinski definition) is 0. The highest BCUT2D eigenvalue weighted by atomic mass is 16.1. The van der Waals surface area contributed by atoms with Crippen molar-refractivity contribution in [3.63, 3.8) is 0 Å². The summed E-state index contributed by atoms with van der Waals surface area (Å²) in [4.78, 5) is 15.4. The molecule has 0 aliphatic rings. The standard InChI is InChI=1S/C13H15N3O/c1-3-12-14-13(4-2)16(15-12)11-8-6-5-7-10(11)9-17/h5-9H,3-4H2,1-2H3. The van der Waals surface area contributed by atoms with Crippen LogP contribution in [0.1, 0.15) is 35.9 Å². The van der Waals surface area contributed by atoms with Gasteiger partial charge in [-0.1, -0.05) is 26.0 Å². The molecule has 1 heterocycles. The highest BCUT2D eigenvalue weighted by Crippen LogP contribution is 2.14. The van der Waals surface area contributed by atoms with Gasteiger partial charge in [0.25, 0.3) is 0 Å². The maximum Gasteiger partial charge on any atom is 0.152 e. The van der Waals surface area contributed by atoms with Crippen molar-refractivity contribution in [2.45, 2.75) is 26.7 Å². The maximum atomic E-state index is 11.0. The van der Waals surface area contributed by atoms with Gasteiger partial charge in [-0.25, -0.2) is 9.67 Å². The van der Waals surface area contributed by atoms with Crippen molar-refractivity contribution in [3.05, 3.63) is 41.5 Å². The van der Waals surface area contributed by atoms with Gasteiger partial charge in [-0.15, -0.1) is 0 Å². The molecule has 0 bridgehead atoms. The van der Waals surface area contributed by atoms with Crippen LogP contribution in [0.15, 0.2) is 24.3 Å². The fourth-order valence-electron chi connectivity index (χ4n) is 1.74. The average molecular weight is 229 g/mol. The highest BCUT2D eigenvalue weighted by Gasteiger charge is 2.11. The van der Waals surface area contributed by atoms with Gasteiger partial charge < -0.3 is 0 Å². The van der Waals surface area contributed by atoms with Crippen LogP contribution in [-0.2, 0) is 12.8 Å². The van der Waals surface area contributed by atoms with Crippen molar-refractivity contribution in [1.29, 1.82) is 0 Å². The van der Waals surface area contributed by atoms with Crippen molar-refractivity contribution in [1.82, 2.24) is 14.8 Å². The smallest absolute Gasteiger partial charge is 0.152 e. The second-order valence-electron chi connectivity index (χ2n) is 3.74. The molecule has 2 aromatic rings. The summed E-state index contributed by atoms with van der Waals surface area (Å²) in [6, 6.07) is 7.41. The number of hydrogen-bond acceptors (Lipinski definition) is 3. The van der Waals surface area contributed by atoms with E-state index in [1.807, 2.05) is 32.0 Å². The van der Waals surface area contributed by atoms with Gasteiger partial charge in [0.2, 0.25) is 0 Å². The van der Waals surface area contributed by atoms with Gasteiger partial charge >= 0.3 is 0 Å². The van der Waals surface area contributed by atoms with E-state index >= 15 is 0 Å². The molecule has 1 aromatic carbocycles. The molecule has 0 atom stereocenters. The summed E-state index contributed by atoms with van der Waals surface area (Å²) in [6.07, 6.45) is 2.44. The number of carbonyl (C=O) groups excluding carboxylic acids is 1. The van der Waals surface area contributed by atoms with E-state index in [-0.39, 0.29) is 0 Å². The molecule has 0 fully saturated rings. The van der Waals surface area contributed by atoms with E-state index in [0.29, 0.717) is 5.56 Å². The van der Waals surface area contributed by atoms with Crippen molar-refractivity contribution in [3.8, 4) is 5.69 Å². The van der Waals surface area contributed by atoms with Gasteiger partial charge in [-0.05, 0) is 12.1 Å². The number of nitrogens with zero attached hydrogens (tertiary/aromatic N) is 3. The second-order valence-corrected chi connectivity index (χ2v) is 3.74. The minimum absolute atomic E-state index is 0.634. The molecule has 0 spiro atoms. The molecule has 0 saturated heterocycles. The molecule has 0 radical (unpaired) electrons. The molecule has 0 amide bonds. The van der Waals surface area contributed by atoms with Crippen LogP contribution in [0.4, 0.5) is 0 Å². The Morgan fingerprint density at radius 2 is 2.00 bits per heavy atom. The molecule has 17 heavy (non-hydrogen) atoms. The molecule has 4 nitrogen and oxygen atoms in total. The van der Waals surface area contributed by atoms with Crippen LogP contribution in [0.2, 0.25) is 0 Å². The Labute approximate surface area is 100 Å². The third-order valence-electron chi connectivity index (χ3n) is 2.64. The Kier molecular flexibility index (Phi) is 3.32. The Bertz CT molecular complexity index is 531. The van der Waals surface area contributed by atoms with Crippen molar-refractivity contribution < 1.29 is 4.79 Å². The third-order valence-corrected chi connectivity index (χ3v) is 2.64. The lowest BCUT2D eigenvalue weighted by atomic mass is 10.2. The zero-order valence-corrected chi connectivity index (χ0v) is 10.1. The van der Waals surface area contributed by atoms with E-state index in [9.17, 15) is 4.79 Å². The Hall–Kier alpha value is -1.97. The van der Waals surface area contributed by atoms with Crippen LogP contribution in [0.3, 0.4) is 0 Å². The normalized spacial score (nSPS) is 10.5. The Morgan fingerprint density at radius 1 is 1.24 bits per heavy atom. The minimum atomic E-state index is 0.634. The van der Waals surface area contributed by atoms with Crippen molar-refractivity contribution in [2.75, 3.05) is 0 Å². The van der Waals surface area contributed by atoms with Gasteiger partial charge in [0, 0.05) is 18.4 Å². The first-order valence-electron chi connectivity index (χ1n) is 5.79. The van der Waals surface area contributed by atoms with E-state index in [0.717, 1.165) is 36.5 Å². The molecule has 0 unspecified atom stereocenters. The molecule has 88 valence electrons. The predicted molar refractivity (Wildman–Crippen MR) is 65.5 cm³/mol. The lowest BCUT2D eigenvalue weighted by Crippen LogP contribution is -2.05. The summed E-state index contributed by atoms with van der Waals surface area (Å²) >= 11 is 0. The fraction of sp³-hybridized carbons (Fsp3) is 0.308. The van der Waals surface area contributed by atoms with Crippen LogP contribution in [0.25, 0.3) is 5.69 Å². The Balaban J connectivity index is 2.58. The highest BCUT2D eigenvalue weighted by molar-refractivity contribution is 5.80. The molecular weight excluding hydrogens is 214 g/mol. The van der Waals surface area contributed by atoms with Crippen LogP contribution in [0.5, 0.6) is 0 Å². The quantitative estimate of drug-likeness (QED) is 0.755. The summed E-state index contributed by atoms with van der Waals surface area (Å²) in [5.74, 6) is 1.69. The summed E-state index contributed by atoms with van der Waals surface area (Å²) in [5, 5.41) is 4.43. The van der Waals surface area contributed by atoms with Crippen LogP contribution >= 0.6 is 0 Å². The average Bonchev–Trinajstić information content (AvgIpc) is 2.81. The van der Waals surface area contributed by atoms with Crippen LogP contribution in [-0.4, -0.2) is 21.1 Å². The molecule has 4 heteroatoms. The molecule has 0 aliphatic heterocycles. The summed E-state index contributed by atoms with van der Waals surface area (Å²) in [7, 11) is 0. The largest absolute Gasteiger partial charge is 0.298 e. The fourth-order valence-corrected chi connectivity index (χ4v) is 1.74. The first-order valence-corrected chi connectivity index (χ1v) is 5.79. The first kappa shape index (κ1) is 11.5. The van der Waals surface area contributed by atoms with E-state index in [4.69, 9.17) is 0 Å². The monoisotopic (exact) mass is 229 g/mol. The number of rotatable bonds is 4. The van der Waals surface area contributed by atoms with Gasteiger partial charge in [-0.3, -0.25) is 4.79 Å². The van der Waals surface area contributed by atoms with Crippen LogP contribution < -0.4 is 0 Å². The minimum Gasteiger partial charge on any atom is -0.298 e. The number of aromatic nitrogens is 3. The zero-order chi connectivity index (χ0) is 12.3. The number of carbonyl (C=O) groups is 1. The molecule has 0 N–H and O–H groups in total. The molecule has 0 saturated carbocycles. The SMILES string of the molecule is CCc1nc(CC)n(-c2ccccc2C=O)n1. The van der Waals surface area contributed by atoms with Gasteiger partial charge in [0.05, 0.1) is 5.69 Å². The first-order chi connectivity index (χ1) is 8.30. The van der Waals surface area contributed by atoms with E-state index in [1.54, 1.807) is 10.7 Å². The predicted octanol–water partition coefficient (Wildman–Crippen LogP) is 2.20. The zero-order valence-electron chi connectivity index (χ0n) is 10.1. The third kappa shape index (κ3) is 2.11. The number of aryl methyl sites for hydroxylation is 2. The number of para-hydroxylation sites is 1. The summed E-state index contributed by atoms with van der Waals surface area (Å²) in [5.41, 5.74) is 1.43. The Morgan fingerprint density at radius 3 is 2.65 bits per heavy atom. The molecule has 2 rings (SSSR count). The molecule has 0 aliphatic carbocycles. The summed E-state index contributed by atoms with van der Waals surface area (Å²) in [6.45, 7) is 4.05. The number of aldehydes is 1. The van der Waals surface area contributed by atoms with Gasteiger partial charge in [-0.2, -0.15) is 5.10 Å². The maximum absolute atomic E-state index is 11.0. The topological polar surface area (TPSA) is 47.8 Å². The lowest BCUT2D eigenvalue weighted by molar-refractivity contribution is 0.112. The summed E-state index contributed by atoms with van der Waals surface area (Å²) < 4.78 is 1.77. The molecular formula is C13H15N3O. The van der Waals surface area contributed by atoms with Gasteiger partial charge in [0.15, 0.2) is 12.1 Å². The lowest BCUT2D eigenvalue weighted by Gasteiger charge is -2.06. The van der Waals surface area contributed by atoms with Crippen molar-refractivity contribution >= 4 is 6.29 Å². The number of benzene rings is 1. The van der Waals surface area contributed by atoms with Gasteiger partial charge in [0.1, 0.15) is 5.82 Å². The second kappa shape index (κ2) is 4.91. The van der Waals surface area contributed by atoms with E-state index in [2.05, 4.69) is 10.1 Å².